The van der Waals surface area contributed by atoms with Crippen LogP contribution in [-0.2, 0) is 13.0 Å². The Bertz CT molecular complexity index is 553. The Kier molecular flexibility index (Phi) is 4.10. The first-order chi connectivity index (χ1) is 8.25. The number of benzene rings is 1. The smallest absolute Gasteiger partial charge is 0.141 e. The molecule has 1 aromatic carbocycles. The molecular formula is C13H15BrClN3. The van der Waals surface area contributed by atoms with Gasteiger partial charge in [-0.25, -0.2) is 4.98 Å². The highest BCUT2D eigenvalue weighted by molar-refractivity contribution is 9.10. The lowest BCUT2D eigenvalue weighted by Crippen LogP contribution is -2.30. The lowest BCUT2D eigenvalue weighted by atomic mass is 10.1. The van der Waals surface area contributed by atoms with Gasteiger partial charge in [0.05, 0.1) is 0 Å². The molecule has 5 heteroatoms. The van der Waals surface area contributed by atoms with Gasteiger partial charge in [0.25, 0.3) is 0 Å². The molecule has 0 amide bonds. The van der Waals surface area contributed by atoms with E-state index in [1.807, 2.05) is 24.4 Å². The maximum absolute atomic E-state index is 5.98. The van der Waals surface area contributed by atoms with Crippen LogP contribution >= 0.6 is 28.3 Å². The average molecular weight is 329 g/mol. The van der Waals surface area contributed by atoms with Gasteiger partial charge in [0, 0.05) is 40.9 Å². The van der Waals surface area contributed by atoms with E-state index >= 15 is 0 Å². The monoisotopic (exact) mass is 327 g/mol. The Morgan fingerprint density at radius 1 is 1.33 bits per heavy atom. The van der Waals surface area contributed by atoms with Crippen molar-refractivity contribution in [3.05, 3.63) is 40.6 Å². The number of nitrogens with two attached hydrogens (primary N) is 1. The summed E-state index contributed by atoms with van der Waals surface area (Å²) in [6, 6.07) is 8.48. The molecule has 1 atom stereocenters. The number of hydrogen-bond donors (Lipinski definition) is 1. The number of halogens is 2. The molecule has 0 bridgehead atoms. The summed E-state index contributed by atoms with van der Waals surface area (Å²) >= 11 is 3.58. The quantitative estimate of drug-likeness (QED) is 0.874. The van der Waals surface area contributed by atoms with E-state index in [4.69, 9.17) is 5.73 Å². The number of hydrogen-bond acceptors (Lipinski definition) is 2. The third-order valence-corrected chi connectivity index (χ3v) is 3.94. The first kappa shape index (κ1) is 13.6. The minimum absolute atomic E-state index is 0. The topological polar surface area (TPSA) is 43.8 Å². The van der Waals surface area contributed by atoms with Gasteiger partial charge in [0.1, 0.15) is 5.82 Å². The average Bonchev–Trinajstić information content (AvgIpc) is 2.72. The van der Waals surface area contributed by atoms with Crippen LogP contribution in [0.5, 0.6) is 0 Å². The largest absolute Gasteiger partial charge is 0.328 e. The van der Waals surface area contributed by atoms with Crippen LogP contribution < -0.4 is 5.73 Å². The SMILES string of the molecule is Cl.NC1CCn2c(cnc2-c2ccccc2Br)C1. The summed E-state index contributed by atoms with van der Waals surface area (Å²) in [5.74, 6) is 1.04. The van der Waals surface area contributed by atoms with Crippen LogP contribution in [0.15, 0.2) is 34.9 Å². The number of aromatic nitrogens is 2. The van der Waals surface area contributed by atoms with Gasteiger partial charge in [-0.3, -0.25) is 0 Å². The van der Waals surface area contributed by atoms with Crippen molar-refractivity contribution in [1.82, 2.24) is 9.55 Å². The van der Waals surface area contributed by atoms with Crippen LogP contribution in [0.3, 0.4) is 0 Å². The predicted octanol–water partition coefficient (Wildman–Crippen LogP) is 3.01. The molecule has 1 aromatic heterocycles. The lowest BCUT2D eigenvalue weighted by Gasteiger charge is -2.22. The normalized spacial score (nSPS) is 18.0. The van der Waals surface area contributed by atoms with E-state index in [1.54, 1.807) is 0 Å². The van der Waals surface area contributed by atoms with Gasteiger partial charge in [-0.2, -0.15) is 0 Å². The first-order valence-electron chi connectivity index (χ1n) is 5.80. The fourth-order valence-corrected chi connectivity index (χ4v) is 2.81. The Labute approximate surface area is 121 Å². The Morgan fingerprint density at radius 2 is 2.11 bits per heavy atom. The van der Waals surface area contributed by atoms with Crippen LogP contribution in [0.25, 0.3) is 11.4 Å². The molecule has 0 radical (unpaired) electrons. The minimum Gasteiger partial charge on any atom is -0.328 e. The van der Waals surface area contributed by atoms with E-state index in [1.165, 1.54) is 5.69 Å². The number of imidazole rings is 1. The van der Waals surface area contributed by atoms with Crippen molar-refractivity contribution in [2.24, 2.45) is 5.73 Å². The molecule has 3 nitrogen and oxygen atoms in total. The Hall–Kier alpha value is -0.840. The van der Waals surface area contributed by atoms with Gasteiger partial charge in [-0.05, 0) is 12.5 Å². The van der Waals surface area contributed by atoms with Gasteiger partial charge in [0.15, 0.2) is 0 Å². The van der Waals surface area contributed by atoms with Crippen molar-refractivity contribution in [2.75, 3.05) is 0 Å². The molecule has 18 heavy (non-hydrogen) atoms. The second-order valence-electron chi connectivity index (χ2n) is 4.46. The molecule has 0 spiro atoms. The van der Waals surface area contributed by atoms with E-state index in [0.29, 0.717) is 0 Å². The molecule has 96 valence electrons. The highest BCUT2D eigenvalue weighted by atomic mass is 79.9. The highest BCUT2D eigenvalue weighted by Gasteiger charge is 2.20. The fourth-order valence-electron chi connectivity index (χ4n) is 2.35. The van der Waals surface area contributed by atoms with Crippen molar-refractivity contribution < 1.29 is 0 Å². The Morgan fingerprint density at radius 3 is 2.89 bits per heavy atom. The maximum Gasteiger partial charge on any atom is 0.141 e. The number of rotatable bonds is 1. The predicted molar refractivity (Wildman–Crippen MR) is 78.9 cm³/mol. The van der Waals surface area contributed by atoms with Crippen molar-refractivity contribution in [3.8, 4) is 11.4 Å². The number of nitrogens with zero attached hydrogens (tertiary/aromatic N) is 2. The van der Waals surface area contributed by atoms with Gasteiger partial charge in [0.2, 0.25) is 0 Å². The molecule has 3 rings (SSSR count). The van der Waals surface area contributed by atoms with Crippen molar-refractivity contribution in [1.29, 1.82) is 0 Å². The van der Waals surface area contributed by atoms with Gasteiger partial charge in [-0.15, -0.1) is 12.4 Å². The minimum atomic E-state index is 0. The molecule has 1 unspecified atom stereocenters. The second kappa shape index (κ2) is 5.43. The van der Waals surface area contributed by atoms with E-state index in [-0.39, 0.29) is 18.4 Å². The van der Waals surface area contributed by atoms with E-state index in [9.17, 15) is 0 Å². The second-order valence-corrected chi connectivity index (χ2v) is 5.31. The van der Waals surface area contributed by atoms with E-state index in [0.717, 1.165) is 35.2 Å². The molecule has 2 heterocycles. The van der Waals surface area contributed by atoms with Crippen molar-refractivity contribution in [2.45, 2.75) is 25.4 Å². The standard InChI is InChI=1S/C13H14BrN3.ClH/c14-12-4-2-1-3-11(12)13-16-8-10-7-9(15)5-6-17(10)13;/h1-4,8-9H,5-7,15H2;1H. The van der Waals surface area contributed by atoms with E-state index in [2.05, 4.69) is 31.5 Å². The summed E-state index contributed by atoms with van der Waals surface area (Å²) in [7, 11) is 0. The zero-order chi connectivity index (χ0) is 11.8. The van der Waals surface area contributed by atoms with Crippen LogP contribution in [0, 0.1) is 0 Å². The Balaban J connectivity index is 0.00000120. The summed E-state index contributed by atoms with van der Waals surface area (Å²) in [6.07, 6.45) is 3.91. The molecule has 0 aliphatic carbocycles. The van der Waals surface area contributed by atoms with Crippen molar-refractivity contribution in [3.63, 3.8) is 0 Å². The third kappa shape index (κ3) is 2.32. The fraction of sp³-hybridized carbons (Fsp3) is 0.308. The molecule has 1 aliphatic heterocycles. The summed E-state index contributed by atoms with van der Waals surface area (Å²) in [5, 5.41) is 0. The zero-order valence-electron chi connectivity index (χ0n) is 9.84. The summed E-state index contributed by atoms with van der Waals surface area (Å²) < 4.78 is 3.37. The summed E-state index contributed by atoms with van der Waals surface area (Å²) in [6.45, 7) is 0.965. The van der Waals surface area contributed by atoms with E-state index < -0.39 is 0 Å². The van der Waals surface area contributed by atoms with Crippen LogP contribution in [0.2, 0.25) is 0 Å². The number of fused-ring (bicyclic) bond motifs is 1. The molecule has 0 saturated carbocycles. The zero-order valence-corrected chi connectivity index (χ0v) is 12.2. The molecule has 0 saturated heterocycles. The van der Waals surface area contributed by atoms with Crippen molar-refractivity contribution >= 4 is 28.3 Å². The molecule has 1 aliphatic rings. The molecular weight excluding hydrogens is 314 g/mol. The first-order valence-corrected chi connectivity index (χ1v) is 6.60. The van der Waals surface area contributed by atoms with Gasteiger partial charge >= 0.3 is 0 Å². The van der Waals surface area contributed by atoms with Crippen LogP contribution in [-0.4, -0.2) is 15.6 Å². The summed E-state index contributed by atoms with van der Waals surface area (Å²) in [4.78, 5) is 4.54. The van der Waals surface area contributed by atoms with Gasteiger partial charge < -0.3 is 10.3 Å². The van der Waals surface area contributed by atoms with Crippen LogP contribution in [0.1, 0.15) is 12.1 Å². The molecule has 2 N–H and O–H groups in total. The maximum atomic E-state index is 5.98. The molecule has 2 aromatic rings. The van der Waals surface area contributed by atoms with Gasteiger partial charge in [-0.1, -0.05) is 34.1 Å². The van der Waals surface area contributed by atoms with Crippen LogP contribution in [0.4, 0.5) is 0 Å². The molecule has 0 fully saturated rings. The lowest BCUT2D eigenvalue weighted by molar-refractivity contribution is 0.474. The third-order valence-electron chi connectivity index (χ3n) is 3.25. The summed E-state index contributed by atoms with van der Waals surface area (Å²) in [5.41, 5.74) is 8.37. The highest BCUT2D eigenvalue weighted by Crippen LogP contribution is 2.29.